The number of hydrogen-bond donors (Lipinski definition) is 2. The summed E-state index contributed by atoms with van der Waals surface area (Å²) in [6.07, 6.45) is 0.868. The minimum absolute atomic E-state index is 0.0330. The van der Waals surface area contributed by atoms with Gasteiger partial charge in [0.1, 0.15) is 5.82 Å². The fraction of sp³-hybridized carbons (Fsp3) is 0.429. The third-order valence-electron chi connectivity index (χ3n) is 2.89. The zero-order valence-corrected chi connectivity index (χ0v) is 11.9. The van der Waals surface area contributed by atoms with Gasteiger partial charge in [-0.2, -0.15) is 0 Å². The molecule has 1 heterocycles. The van der Waals surface area contributed by atoms with E-state index in [0.717, 1.165) is 17.3 Å². The number of benzene rings is 1. The van der Waals surface area contributed by atoms with Gasteiger partial charge >= 0.3 is 0 Å². The van der Waals surface area contributed by atoms with Crippen LogP contribution in [0.15, 0.2) is 24.3 Å². The van der Waals surface area contributed by atoms with Crippen molar-refractivity contribution in [3.63, 3.8) is 0 Å². The Balaban J connectivity index is 2.33. The first kappa shape index (κ1) is 14.0. The second-order valence-corrected chi connectivity index (χ2v) is 5.35. The molecule has 1 aromatic heterocycles. The number of aromatic nitrogens is 2. The first-order valence-electron chi connectivity index (χ1n) is 6.40. The molecule has 2 rings (SSSR count). The van der Waals surface area contributed by atoms with Crippen LogP contribution in [-0.2, 0) is 0 Å². The lowest BCUT2D eigenvalue weighted by molar-refractivity contribution is 0.259. The quantitative estimate of drug-likeness (QED) is 0.826. The highest BCUT2D eigenvalue weighted by atomic mass is 35.5. The van der Waals surface area contributed by atoms with Crippen LogP contribution < -0.4 is 5.32 Å². The average Bonchev–Trinajstić information content (AvgIpc) is 2.37. The number of para-hydroxylation sites is 1. The molecule has 1 unspecified atom stereocenters. The van der Waals surface area contributed by atoms with Gasteiger partial charge < -0.3 is 10.4 Å². The van der Waals surface area contributed by atoms with E-state index in [1.165, 1.54) is 0 Å². The van der Waals surface area contributed by atoms with Crippen molar-refractivity contribution in [2.45, 2.75) is 26.3 Å². The van der Waals surface area contributed by atoms with Crippen LogP contribution in [0.4, 0.5) is 5.82 Å². The standard InChI is InChI=1S/C14H18ClN3O/c1-9(2)7-10(8-19)16-13-11-5-3-4-6-12(11)17-14(15)18-13/h3-6,9-10,19H,7-8H2,1-2H3,(H,16,17,18). The van der Waals surface area contributed by atoms with Crippen LogP contribution in [0.3, 0.4) is 0 Å². The zero-order chi connectivity index (χ0) is 13.8. The molecule has 0 amide bonds. The Morgan fingerprint density at radius 2 is 2.00 bits per heavy atom. The van der Waals surface area contributed by atoms with Crippen LogP contribution >= 0.6 is 11.6 Å². The second-order valence-electron chi connectivity index (χ2n) is 5.01. The summed E-state index contributed by atoms with van der Waals surface area (Å²) < 4.78 is 0. The summed E-state index contributed by atoms with van der Waals surface area (Å²) in [5, 5.41) is 13.8. The number of anilines is 1. The molecule has 5 heteroatoms. The average molecular weight is 280 g/mol. The maximum atomic E-state index is 9.44. The fourth-order valence-electron chi connectivity index (χ4n) is 2.10. The molecule has 2 aromatic rings. The van der Waals surface area contributed by atoms with Crippen molar-refractivity contribution in [3.8, 4) is 0 Å². The predicted octanol–water partition coefficient (Wildman–Crippen LogP) is 3.10. The molecule has 0 aliphatic carbocycles. The van der Waals surface area contributed by atoms with Crippen LogP contribution in [0, 0.1) is 5.92 Å². The van der Waals surface area contributed by atoms with Crippen molar-refractivity contribution < 1.29 is 5.11 Å². The van der Waals surface area contributed by atoms with Crippen molar-refractivity contribution in [2.24, 2.45) is 5.92 Å². The van der Waals surface area contributed by atoms with E-state index in [4.69, 9.17) is 11.6 Å². The van der Waals surface area contributed by atoms with Gasteiger partial charge in [0.25, 0.3) is 0 Å². The number of hydrogen-bond acceptors (Lipinski definition) is 4. The Hall–Kier alpha value is -1.39. The molecule has 1 aromatic carbocycles. The molecule has 0 fully saturated rings. The smallest absolute Gasteiger partial charge is 0.224 e. The van der Waals surface area contributed by atoms with E-state index in [1.807, 2.05) is 24.3 Å². The highest BCUT2D eigenvalue weighted by Gasteiger charge is 2.13. The summed E-state index contributed by atoms with van der Waals surface area (Å²) >= 11 is 5.93. The predicted molar refractivity (Wildman–Crippen MR) is 78.5 cm³/mol. The highest BCUT2D eigenvalue weighted by Crippen LogP contribution is 2.23. The molecule has 0 aliphatic rings. The van der Waals surface area contributed by atoms with E-state index in [2.05, 4.69) is 29.1 Å². The van der Waals surface area contributed by atoms with Gasteiger partial charge in [-0.25, -0.2) is 9.97 Å². The van der Waals surface area contributed by atoms with E-state index in [1.54, 1.807) is 0 Å². The Morgan fingerprint density at radius 1 is 1.26 bits per heavy atom. The molecule has 4 nitrogen and oxygen atoms in total. The lowest BCUT2D eigenvalue weighted by Gasteiger charge is -2.19. The molecule has 0 spiro atoms. The van der Waals surface area contributed by atoms with Crippen molar-refractivity contribution in [1.82, 2.24) is 9.97 Å². The minimum atomic E-state index is -0.0330. The molecular weight excluding hydrogens is 262 g/mol. The van der Waals surface area contributed by atoms with Crippen molar-refractivity contribution >= 4 is 28.3 Å². The van der Waals surface area contributed by atoms with E-state index < -0.39 is 0 Å². The molecule has 0 bridgehead atoms. The van der Waals surface area contributed by atoms with Gasteiger partial charge in [-0.05, 0) is 36.1 Å². The summed E-state index contributed by atoms with van der Waals surface area (Å²) in [6.45, 7) is 4.30. The van der Waals surface area contributed by atoms with E-state index in [9.17, 15) is 5.11 Å². The van der Waals surface area contributed by atoms with Gasteiger partial charge in [0.15, 0.2) is 0 Å². The maximum Gasteiger partial charge on any atom is 0.224 e. The number of halogens is 1. The Labute approximate surface area is 117 Å². The number of nitrogens with zero attached hydrogens (tertiary/aromatic N) is 2. The van der Waals surface area contributed by atoms with E-state index >= 15 is 0 Å². The van der Waals surface area contributed by atoms with E-state index in [-0.39, 0.29) is 17.9 Å². The van der Waals surface area contributed by atoms with Gasteiger partial charge in [-0.15, -0.1) is 0 Å². The summed E-state index contributed by atoms with van der Waals surface area (Å²) in [6, 6.07) is 7.64. The van der Waals surface area contributed by atoms with Crippen molar-refractivity contribution in [2.75, 3.05) is 11.9 Å². The van der Waals surface area contributed by atoms with Crippen molar-refractivity contribution in [3.05, 3.63) is 29.5 Å². The Kier molecular flexibility index (Phi) is 4.56. The van der Waals surface area contributed by atoms with Gasteiger partial charge in [0.05, 0.1) is 18.2 Å². The lowest BCUT2D eigenvalue weighted by Crippen LogP contribution is -2.26. The van der Waals surface area contributed by atoms with Crippen molar-refractivity contribution in [1.29, 1.82) is 0 Å². The number of aliphatic hydroxyl groups excluding tert-OH is 1. The molecule has 2 N–H and O–H groups in total. The third-order valence-corrected chi connectivity index (χ3v) is 3.06. The SMILES string of the molecule is CC(C)CC(CO)Nc1nc(Cl)nc2ccccc12. The number of rotatable bonds is 5. The molecule has 1 atom stereocenters. The molecule has 102 valence electrons. The summed E-state index contributed by atoms with van der Waals surface area (Å²) in [5.74, 6) is 1.17. The summed E-state index contributed by atoms with van der Waals surface area (Å²) in [5.41, 5.74) is 0.797. The van der Waals surface area contributed by atoms with Gasteiger partial charge in [0.2, 0.25) is 5.28 Å². The van der Waals surface area contributed by atoms with Crippen LogP contribution in [0.25, 0.3) is 10.9 Å². The second kappa shape index (κ2) is 6.17. The zero-order valence-electron chi connectivity index (χ0n) is 11.1. The summed E-state index contributed by atoms with van der Waals surface area (Å²) in [7, 11) is 0. The largest absolute Gasteiger partial charge is 0.394 e. The van der Waals surface area contributed by atoms with Gasteiger partial charge in [-0.3, -0.25) is 0 Å². The van der Waals surface area contributed by atoms with E-state index in [0.29, 0.717) is 11.7 Å². The molecule has 0 saturated carbocycles. The van der Waals surface area contributed by atoms with Crippen LogP contribution in [0.1, 0.15) is 20.3 Å². The topological polar surface area (TPSA) is 58.0 Å². The first-order chi connectivity index (χ1) is 9.10. The number of aliphatic hydroxyl groups is 1. The molecule has 0 saturated heterocycles. The van der Waals surface area contributed by atoms with Crippen LogP contribution in [-0.4, -0.2) is 27.7 Å². The minimum Gasteiger partial charge on any atom is -0.394 e. The molecule has 0 radical (unpaired) electrons. The molecule has 0 aliphatic heterocycles. The normalized spacial score (nSPS) is 12.9. The first-order valence-corrected chi connectivity index (χ1v) is 6.77. The van der Waals surface area contributed by atoms with Crippen LogP contribution in [0.5, 0.6) is 0 Å². The fourth-order valence-corrected chi connectivity index (χ4v) is 2.28. The highest BCUT2D eigenvalue weighted by molar-refractivity contribution is 6.28. The molecule has 19 heavy (non-hydrogen) atoms. The summed E-state index contributed by atoms with van der Waals surface area (Å²) in [4.78, 5) is 8.41. The van der Waals surface area contributed by atoms with Crippen LogP contribution in [0.2, 0.25) is 5.28 Å². The van der Waals surface area contributed by atoms with Gasteiger partial charge in [-0.1, -0.05) is 26.0 Å². The number of fused-ring (bicyclic) bond motifs is 1. The molecular formula is C14H18ClN3O. The monoisotopic (exact) mass is 279 g/mol. The lowest BCUT2D eigenvalue weighted by atomic mass is 10.0. The Morgan fingerprint density at radius 3 is 2.68 bits per heavy atom. The van der Waals surface area contributed by atoms with Gasteiger partial charge in [0, 0.05) is 5.39 Å². The number of nitrogens with one attached hydrogen (secondary N) is 1. The maximum absolute atomic E-state index is 9.44. The third kappa shape index (κ3) is 3.55. The Bertz CT molecular complexity index is 559.